The van der Waals surface area contributed by atoms with Crippen LogP contribution in [0.2, 0.25) is 4.34 Å². The minimum Gasteiger partial charge on any atom is -0.258 e. The summed E-state index contributed by atoms with van der Waals surface area (Å²) >= 11 is 6.10. The third-order valence-corrected chi connectivity index (χ3v) is 7.42. The lowest BCUT2D eigenvalue weighted by Gasteiger charge is -2.11. The second-order valence-corrected chi connectivity index (χ2v) is 9.93. The van der Waals surface area contributed by atoms with Gasteiger partial charge in [-0.3, -0.25) is 10.1 Å². The molecule has 9 nitrogen and oxygen atoms in total. The van der Waals surface area contributed by atoms with Crippen molar-refractivity contribution in [3.63, 3.8) is 0 Å². The highest BCUT2D eigenvalue weighted by molar-refractivity contribution is 7.92. The van der Waals surface area contributed by atoms with Crippen molar-refractivity contribution in [1.82, 2.24) is 9.03 Å². The summed E-state index contributed by atoms with van der Waals surface area (Å²) in [5, 5.41) is 10.6. The largest absolute Gasteiger partial charge is 0.300 e. The molecule has 0 amide bonds. The molecule has 0 atom stereocenters. The van der Waals surface area contributed by atoms with E-state index in [4.69, 9.17) is 11.6 Å². The van der Waals surface area contributed by atoms with Gasteiger partial charge in [0.2, 0.25) is 20.0 Å². The summed E-state index contributed by atoms with van der Waals surface area (Å²) in [7, 11) is -4.94. The lowest BCUT2D eigenvalue weighted by atomic mass is 10.6. The first-order valence-corrected chi connectivity index (χ1v) is 9.59. The molecule has 0 radical (unpaired) electrons. The van der Waals surface area contributed by atoms with Gasteiger partial charge in [0, 0.05) is 26.7 Å². The quantitative estimate of drug-likeness (QED) is 0.543. The Bertz CT molecular complexity index is 739. The van der Waals surface area contributed by atoms with Gasteiger partial charge in [-0.15, -0.1) is 11.3 Å². The van der Waals surface area contributed by atoms with Gasteiger partial charge < -0.3 is 0 Å². The molecule has 1 aromatic heterocycles. The van der Waals surface area contributed by atoms with Crippen LogP contribution in [0, 0.1) is 10.1 Å². The first-order valence-electron chi connectivity index (χ1n) is 5.31. The first kappa shape index (κ1) is 18.3. The molecular formula is C8H12ClN3O6S3. The summed E-state index contributed by atoms with van der Waals surface area (Å²) in [5.41, 5.74) is -0.511. The summed E-state index contributed by atoms with van der Waals surface area (Å²) in [6.45, 7) is -0.355. The zero-order chi connectivity index (χ0) is 16.4. The molecule has 1 aromatic rings. The molecule has 1 rings (SSSR count). The fraction of sp³-hybridized carbons (Fsp3) is 0.500. The van der Waals surface area contributed by atoms with Crippen LogP contribution in [0.3, 0.4) is 0 Å². The predicted octanol–water partition coefficient (Wildman–Crippen LogP) is 0.479. The molecular weight excluding hydrogens is 366 g/mol. The number of hydrogen-bond acceptors (Lipinski definition) is 7. The first-order chi connectivity index (χ1) is 9.47. The number of nitrogens with one attached hydrogen (secondary N) is 1. The molecule has 0 bridgehead atoms. The van der Waals surface area contributed by atoms with Gasteiger partial charge in [0.1, 0.15) is 4.21 Å². The maximum absolute atomic E-state index is 11.9. The summed E-state index contributed by atoms with van der Waals surface area (Å²) < 4.78 is 49.2. The molecule has 0 saturated carbocycles. The van der Waals surface area contributed by atoms with E-state index in [9.17, 15) is 26.9 Å². The van der Waals surface area contributed by atoms with E-state index in [2.05, 4.69) is 4.72 Å². The number of hydrogen-bond donors (Lipinski definition) is 1. The van der Waals surface area contributed by atoms with Crippen molar-refractivity contribution >= 4 is 48.7 Å². The number of sulfonamides is 2. The van der Waals surface area contributed by atoms with Crippen molar-refractivity contribution in [3.8, 4) is 0 Å². The molecule has 0 aliphatic heterocycles. The van der Waals surface area contributed by atoms with E-state index in [-0.39, 0.29) is 15.1 Å². The second-order valence-electron chi connectivity index (χ2n) is 3.98. The maximum Gasteiger partial charge on any atom is 0.300 e. The van der Waals surface area contributed by atoms with Gasteiger partial charge in [-0.25, -0.2) is 25.9 Å². The Morgan fingerprint density at radius 1 is 1.38 bits per heavy atom. The molecule has 1 heterocycles. The van der Waals surface area contributed by atoms with Gasteiger partial charge in [-0.2, -0.15) is 0 Å². The fourth-order valence-corrected chi connectivity index (χ4v) is 4.75. The van der Waals surface area contributed by atoms with E-state index in [0.717, 1.165) is 10.4 Å². The molecule has 0 spiro atoms. The third-order valence-electron chi connectivity index (χ3n) is 2.32. The highest BCUT2D eigenvalue weighted by atomic mass is 35.5. The summed E-state index contributed by atoms with van der Waals surface area (Å²) in [5.74, 6) is -0.430. The van der Waals surface area contributed by atoms with Gasteiger partial charge in [0.25, 0.3) is 5.69 Å². The number of nitrogens with zero attached hydrogens (tertiary/aromatic N) is 2. The average Bonchev–Trinajstić information content (AvgIpc) is 2.71. The van der Waals surface area contributed by atoms with Crippen LogP contribution in [0.5, 0.6) is 0 Å². The molecule has 0 aliphatic carbocycles. The number of nitro groups is 1. The van der Waals surface area contributed by atoms with Gasteiger partial charge in [-0.05, 0) is 0 Å². The van der Waals surface area contributed by atoms with Crippen molar-refractivity contribution in [3.05, 3.63) is 20.5 Å². The van der Waals surface area contributed by atoms with E-state index in [0.29, 0.717) is 11.3 Å². The third kappa shape index (κ3) is 4.59. The van der Waals surface area contributed by atoms with Crippen molar-refractivity contribution in [2.75, 3.05) is 26.4 Å². The molecule has 0 saturated heterocycles. The van der Waals surface area contributed by atoms with Crippen LogP contribution in [-0.2, 0) is 20.0 Å². The van der Waals surface area contributed by atoms with Crippen LogP contribution < -0.4 is 4.72 Å². The molecule has 1 N–H and O–H groups in total. The Hall–Kier alpha value is -0.790. The van der Waals surface area contributed by atoms with Crippen LogP contribution in [0.4, 0.5) is 5.69 Å². The maximum atomic E-state index is 11.9. The summed E-state index contributed by atoms with van der Waals surface area (Å²) in [6.07, 6.45) is 0. The van der Waals surface area contributed by atoms with Crippen molar-refractivity contribution in [1.29, 1.82) is 0 Å². The van der Waals surface area contributed by atoms with Crippen LogP contribution in [0.25, 0.3) is 0 Å². The lowest BCUT2D eigenvalue weighted by Crippen LogP contribution is -2.33. The topological polar surface area (TPSA) is 127 Å². The minimum atomic E-state index is -4.05. The number of rotatable bonds is 7. The van der Waals surface area contributed by atoms with E-state index in [1.165, 1.54) is 14.1 Å². The average molecular weight is 378 g/mol. The Balaban J connectivity index is 2.84. The monoisotopic (exact) mass is 377 g/mol. The summed E-state index contributed by atoms with van der Waals surface area (Å²) in [4.78, 5) is 9.81. The standard InChI is InChI=1S/C8H12ClN3O6S3/c1-11(2)20(15,16)4-3-10-21(17,18)7-5-6(12(13)14)8(9)19-7/h5,10H,3-4H2,1-2H3. The molecule has 0 aliphatic rings. The van der Waals surface area contributed by atoms with E-state index in [1.54, 1.807) is 0 Å². The number of halogens is 1. The Labute approximate surface area is 130 Å². The zero-order valence-corrected chi connectivity index (χ0v) is 14.1. The van der Waals surface area contributed by atoms with Crippen LogP contribution in [0.1, 0.15) is 0 Å². The molecule has 0 unspecified atom stereocenters. The lowest BCUT2D eigenvalue weighted by molar-refractivity contribution is -0.384. The number of thiophene rings is 1. The molecule has 0 aromatic carbocycles. The SMILES string of the molecule is CN(C)S(=O)(=O)CCNS(=O)(=O)c1cc([N+](=O)[O-])c(Cl)s1. The van der Waals surface area contributed by atoms with Crippen LogP contribution >= 0.6 is 22.9 Å². The summed E-state index contributed by atoms with van der Waals surface area (Å²) in [6, 6.07) is 0.829. The highest BCUT2D eigenvalue weighted by Gasteiger charge is 2.25. The van der Waals surface area contributed by atoms with Crippen LogP contribution in [-0.4, -0.2) is 52.5 Å². The predicted molar refractivity (Wildman–Crippen MR) is 78.6 cm³/mol. The van der Waals surface area contributed by atoms with Gasteiger partial charge >= 0.3 is 0 Å². The Kier molecular flexibility index (Phi) is 5.69. The van der Waals surface area contributed by atoms with Gasteiger partial charge in [-0.1, -0.05) is 11.6 Å². The normalized spacial score (nSPS) is 12.8. The second kappa shape index (κ2) is 6.54. The minimum absolute atomic E-state index is 0.263. The molecule has 0 fully saturated rings. The molecule has 120 valence electrons. The van der Waals surface area contributed by atoms with Crippen LogP contribution in [0.15, 0.2) is 10.3 Å². The van der Waals surface area contributed by atoms with Crippen molar-refractivity contribution < 1.29 is 21.8 Å². The Morgan fingerprint density at radius 2 is 1.95 bits per heavy atom. The molecule has 21 heavy (non-hydrogen) atoms. The van der Waals surface area contributed by atoms with E-state index < -0.39 is 36.4 Å². The van der Waals surface area contributed by atoms with Crippen molar-refractivity contribution in [2.24, 2.45) is 0 Å². The van der Waals surface area contributed by atoms with Gasteiger partial charge in [0.05, 0.1) is 10.7 Å². The zero-order valence-electron chi connectivity index (χ0n) is 10.9. The van der Waals surface area contributed by atoms with E-state index >= 15 is 0 Å². The van der Waals surface area contributed by atoms with E-state index in [1.807, 2.05) is 0 Å². The van der Waals surface area contributed by atoms with Crippen molar-refractivity contribution in [2.45, 2.75) is 4.21 Å². The Morgan fingerprint density at radius 3 is 2.38 bits per heavy atom. The smallest absolute Gasteiger partial charge is 0.258 e. The fourth-order valence-electron chi connectivity index (χ4n) is 1.15. The highest BCUT2D eigenvalue weighted by Crippen LogP contribution is 2.35. The molecule has 13 heteroatoms. The van der Waals surface area contributed by atoms with Gasteiger partial charge in [0.15, 0.2) is 4.34 Å².